The van der Waals surface area contributed by atoms with Gasteiger partial charge in [-0.05, 0) is 38.6 Å². The largest absolute Gasteiger partial charge is 0.464 e. The maximum Gasteiger partial charge on any atom is 0.336 e. The predicted octanol–water partition coefficient (Wildman–Crippen LogP) is 4.02. The summed E-state index contributed by atoms with van der Waals surface area (Å²) in [6.07, 6.45) is 10.3. The molecule has 0 aliphatic carbocycles. The van der Waals surface area contributed by atoms with Gasteiger partial charge >= 0.3 is 17.9 Å². The first-order chi connectivity index (χ1) is 15.9. The van der Waals surface area contributed by atoms with Gasteiger partial charge in [-0.3, -0.25) is 14.4 Å². The molecule has 0 fully saturated rings. The molecule has 4 N–H and O–H groups in total. The molecular formula is C25H48N2O6. The first-order valence-corrected chi connectivity index (χ1v) is 12.9. The van der Waals surface area contributed by atoms with Crippen molar-refractivity contribution >= 4 is 17.9 Å². The van der Waals surface area contributed by atoms with E-state index in [1.54, 1.807) is 0 Å². The molecule has 0 aromatic rings. The van der Waals surface area contributed by atoms with E-state index in [-0.39, 0.29) is 19.8 Å². The summed E-state index contributed by atoms with van der Waals surface area (Å²) in [6, 6.07) is -1.08. The minimum atomic E-state index is -2.30. The van der Waals surface area contributed by atoms with Crippen LogP contribution in [0.3, 0.4) is 0 Å². The van der Waals surface area contributed by atoms with E-state index in [1.165, 1.54) is 0 Å². The SMILES string of the molecule is CCCCOC(=O)C(C(=O)OCCCC)(C(=O)OCCCC)C(N)CCCCCCCCN. The molecule has 0 amide bonds. The van der Waals surface area contributed by atoms with Crippen molar-refractivity contribution in [3.63, 3.8) is 0 Å². The average molecular weight is 473 g/mol. The Morgan fingerprint density at radius 1 is 0.636 bits per heavy atom. The summed E-state index contributed by atoms with van der Waals surface area (Å²) in [7, 11) is 0. The van der Waals surface area contributed by atoms with E-state index in [2.05, 4.69) is 0 Å². The Balaban J connectivity index is 5.59. The van der Waals surface area contributed by atoms with Crippen LogP contribution in [-0.2, 0) is 28.6 Å². The van der Waals surface area contributed by atoms with Crippen molar-refractivity contribution in [3.05, 3.63) is 0 Å². The Morgan fingerprint density at radius 2 is 1.00 bits per heavy atom. The topological polar surface area (TPSA) is 131 Å². The van der Waals surface area contributed by atoms with Crippen molar-refractivity contribution in [3.8, 4) is 0 Å². The van der Waals surface area contributed by atoms with E-state index in [0.29, 0.717) is 38.6 Å². The van der Waals surface area contributed by atoms with Gasteiger partial charge in [0.05, 0.1) is 19.8 Å². The molecule has 1 unspecified atom stereocenters. The standard InChI is InChI=1S/C25H48N2O6/c1-4-7-18-31-22(28)25(23(29)32-19-8-5-2,24(30)33-20-9-6-3)21(27)16-14-12-10-11-13-15-17-26/h21H,4-20,26-27H2,1-3H3. The van der Waals surface area contributed by atoms with Crippen LogP contribution in [-0.4, -0.2) is 50.3 Å². The quantitative estimate of drug-likeness (QED) is 0.111. The molecule has 194 valence electrons. The van der Waals surface area contributed by atoms with Gasteiger partial charge in [0.25, 0.3) is 5.41 Å². The second-order valence-electron chi connectivity index (χ2n) is 8.58. The van der Waals surface area contributed by atoms with Crippen LogP contribution in [0.1, 0.15) is 104 Å². The maximum absolute atomic E-state index is 13.2. The van der Waals surface area contributed by atoms with Crippen LogP contribution in [0.2, 0.25) is 0 Å². The Hall–Kier alpha value is -1.67. The number of hydrogen-bond donors (Lipinski definition) is 2. The Bertz CT molecular complexity index is 486. The summed E-state index contributed by atoms with van der Waals surface area (Å²) >= 11 is 0. The van der Waals surface area contributed by atoms with Crippen LogP contribution in [0.4, 0.5) is 0 Å². The van der Waals surface area contributed by atoms with E-state index in [0.717, 1.165) is 51.4 Å². The molecule has 0 aromatic heterocycles. The average Bonchev–Trinajstić information content (AvgIpc) is 2.79. The Morgan fingerprint density at radius 3 is 1.36 bits per heavy atom. The molecule has 0 radical (unpaired) electrons. The zero-order valence-electron chi connectivity index (χ0n) is 21.2. The van der Waals surface area contributed by atoms with Crippen LogP contribution in [0.15, 0.2) is 0 Å². The number of carbonyl (C=O) groups excluding carboxylic acids is 3. The lowest BCUT2D eigenvalue weighted by Crippen LogP contribution is -2.60. The number of unbranched alkanes of at least 4 members (excludes halogenated alkanes) is 8. The molecule has 0 heterocycles. The molecule has 0 saturated heterocycles. The lowest BCUT2D eigenvalue weighted by Gasteiger charge is -2.32. The lowest BCUT2D eigenvalue weighted by molar-refractivity contribution is -0.186. The fraction of sp³-hybridized carbons (Fsp3) is 0.880. The Kier molecular flexibility index (Phi) is 18.8. The highest BCUT2D eigenvalue weighted by Gasteiger charge is 2.61. The zero-order valence-corrected chi connectivity index (χ0v) is 21.2. The second-order valence-corrected chi connectivity index (χ2v) is 8.58. The van der Waals surface area contributed by atoms with E-state index in [4.69, 9.17) is 25.7 Å². The van der Waals surface area contributed by atoms with E-state index in [1.807, 2.05) is 20.8 Å². The molecule has 8 nitrogen and oxygen atoms in total. The molecule has 8 heteroatoms. The molecule has 0 aromatic carbocycles. The third-order valence-electron chi connectivity index (χ3n) is 5.68. The van der Waals surface area contributed by atoms with Gasteiger partial charge in [-0.1, -0.05) is 72.1 Å². The first-order valence-electron chi connectivity index (χ1n) is 12.9. The minimum absolute atomic E-state index is 0.107. The van der Waals surface area contributed by atoms with E-state index in [9.17, 15) is 14.4 Å². The van der Waals surface area contributed by atoms with Crippen LogP contribution in [0.25, 0.3) is 0 Å². The first kappa shape index (κ1) is 31.3. The number of hydrogen-bond acceptors (Lipinski definition) is 8. The molecule has 0 aliphatic rings. The number of esters is 3. The third-order valence-corrected chi connectivity index (χ3v) is 5.68. The molecule has 33 heavy (non-hydrogen) atoms. The molecule has 0 bridgehead atoms. The fourth-order valence-corrected chi connectivity index (χ4v) is 3.41. The molecule has 0 spiro atoms. The zero-order chi connectivity index (χ0) is 25.0. The van der Waals surface area contributed by atoms with Crippen molar-refractivity contribution in [1.82, 2.24) is 0 Å². The summed E-state index contributed by atoms with van der Waals surface area (Å²) in [4.78, 5) is 39.7. The highest BCUT2D eigenvalue weighted by molar-refractivity contribution is 6.18. The highest BCUT2D eigenvalue weighted by Crippen LogP contribution is 2.31. The predicted molar refractivity (Wildman–Crippen MR) is 129 cm³/mol. The number of carbonyl (C=O) groups is 3. The van der Waals surface area contributed by atoms with Gasteiger partial charge in [0, 0.05) is 6.04 Å². The van der Waals surface area contributed by atoms with Crippen LogP contribution in [0.5, 0.6) is 0 Å². The maximum atomic E-state index is 13.2. The van der Waals surface area contributed by atoms with Gasteiger partial charge in [-0.2, -0.15) is 0 Å². The lowest BCUT2D eigenvalue weighted by atomic mass is 9.77. The van der Waals surface area contributed by atoms with Crippen LogP contribution >= 0.6 is 0 Å². The van der Waals surface area contributed by atoms with Gasteiger partial charge in [-0.15, -0.1) is 0 Å². The summed E-state index contributed by atoms with van der Waals surface area (Å²) in [5.41, 5.74) is 9.64. The smallest absolute Gasteiger partial charge is 0.336 e. The summed E-state index contributed by atoms with van der Waals surface area (Å²) < 4.78 is 16.1. The van der Waals surface area contributed by atoms with Crippen LogP contribution in [0, 0.1) is 5.41 Å². The summed E-state index contributed by atoms with van der Waals surface area (Å²) in [6.45, 7) is 6.88. The number of nitrogens with two attached hydrogens (primary N) is 2. The summed E-state index contributed by atoms with van der Waals surface area (Å²) in [5.74, 6) is -2.89. The van der Waals surface area contributed by atoms with Gasteiger partial charge in [0.1, 0.15) is 0 Å². The monoisotopic (exact) mass is 472 g/mol. The number of rotatable bonds is 21. The van der Waals surface area contributed by atoms with E-state index >= 15 is 0 Å². The van der Waals surface area contributed by atoms with E-state index < -0.39 is 29.4 Å². The second kappa shape index (κ2) is 19.8. The highest BCUT2D eigenvalue weighted by atomic mass is 16.6. The molecule has 0 saturated carbocycles. The molecule has 0 rings (SSSR count). The van der Waals surface area contributed by atoms with Gasteiger partial charge in [0.15, 0.2) is 0 Å². The van der Waals surface area contributed by atoms with Crippen molar-refractivity contribution in [2.75, 3.05) is 26.4 Å². The van der Waals surface area contributed by atoms with Crippen molar-refractivity contribution < 1.29 is 28.6 Å². The van der Waals surface area contributed by atoms with Crippen molar-refractivity contribution in [2.24, 2.45) is 16.9 Å². The normalized spacial score (nSPS) is 12.3. The third kappa shape index (κ3) is 11.3. The van der Waals surface area contributed by atoms with Gasteiger partial charge in [0.2, 0.25) is 0 Å². The van der Waals surface area contributed by atoms with Crippen molar-refractivity contribution in [1.29, 1.82) is 0 Å². The Labute approximate surface area is 200 Å². The molecule has 0 aliphatic heterocycles. The molecule has 1 atom stereocenters. The number of ether oxygens (including phenoxy) is 3. The van der Waals surface area contributed by atoms with Gasteiger partial charge in [-0.25, -0.2) is 0 Å². The summed E-state index contributed by atoms with van der Waals surface area (Å²) in [5, 5.41) is 0. The van der Waals surface area contributed by atoms with Gasteiger partial charge < -0.3 is 25.7 Å². The fourth-order valence-electron chi connectivity index (χ4n) is 3.41. The molecular weight excluding hydrogens is 424 g/mol. The van der Waals surface area contributed by atoms with Crippen molar-refractivity contribution in [2.45, 2.75) is 110 Å². The van der Waals surface area contributed by atoms with Crippen LogP contribution < -0.4 is 11.5 Å². The minimum Gasteiger partial charge on any atom is -0.464 e.